The van der Waals surface area contributed by atoms with E-state index in [4.69, 9.17) is 9.47 Å². The van der Waals surface area contributed by atoms with Crippen molar-refractivity contribution in [1.29, 1.82) is 0 Å². The van der Waals surface area contributed by atoms with Crippen LogP contribution in [0.4, 0.5) is 0 Å². The average Bonchev–Trinajstić information content (AvgIpc) is 2.85. The molecule has 2 aliphatic rings. The Morgan fingerprint density at radius 3 is 3.00 bits per heavy atom. The van der Waals surface area contributed by atoms with Gasteiger partial charge in [-0.2, -0.15) is 0 Å². The molecule has 1 aromatic carbocycles. The van der Waals surface area contributed by atoms with Gasteiger partial charge in [-0.05, 0) is 23.8 Å². The van der Waals surface area contributed by atoms with E-state index in [-0.39, 0.29) is 17.4 Å². The fraction of sp³-hybridized carbons (Fsp3) is 0.182. The van der Waals surface area contributed by atoms with Gasteiger partial charge in [-0.25, -0.2) is 0 Å². The predicted octanol–water partition coefficient (Wildman–Crippen LogP) is 1.83. The van der Waals surface area contributed by atoms with Crippen LogP contribution in [-0.4, -0.2) is 17.4 Å². The molecule has 1 unspecified atom stereocenters. The van der Waals surface area contributed by atoms with Gasteiger partial charge in [0.2, 0.25) is 6.79 Å². The molecule has 0 saturated carbocycles. The Balaban J connectivity index is 1.90. The zero-order valence-electron chi connectivity index (χ0n) is 8.67. The number of carbonyl (C=O) groups is 1. The number of rotatable bonds is 1. The Bertz CT molecular complexity index is 515. The molecular weight excluding hydrogens is 258 g/mol. The molecule has 1 amide bonds. The van der Waals surface area contributed by atoms with Crippen LogP contribution >= 0.6 is 24.4 Å². The topological polar surface area (TPSA) is 47.6 Å². The molecule has 0 aromatic heterocycles. The highest BCUT2D eigenvalue weighted by Gasteiger charge is 2.24. The first-order chi connectivity index (χ1) is 8.22. The maximum Gasteiger partial charge on any atom is 0.259 e. The Morgan fingerprint density at radius 2 is 2.24 bits per heavy atom. The van der Waals surface area contributed by atoms with Crippen molar-refractivity contribution in [2.24, 2.45) is 0 Å². The van der Waals surface area contributed by atoms with Gasteiger partial charge in [0.25, 0.3) is 5.91 Å². The maximum absolute atomic E-state index is 11.5. The summed E-state index contributed by atoms with van der Waals surface area (Å²) in [5, 5.41) is 2.70. The van der Waals surface area contributed by atoms with Crippen LogP contribution in [0.3, 0.4) is 0 Å². The highest BCUT2D eigenvalue weighted by Crippen LogP contribution is 2.35. The van der Waals surface area contributed by atoms with Crippen LogP contribution in [0, 0.1) is 0 Å². The summed E-state index contributed by atoms with van der Waals surface area (Å²) in [6.07, 6.45) is 1.82. The third-order valence-corrected chi connectivity index (χ3v) is 3.75. The minimum atomic E-state index is -0.164. The number of thiol groups is 1. The van der Waals surface area contributed by atoms with Gasteiger partial charge in [0.05, 0.1) is 4.91 Å². The highest BCUT2D eigenvalue weighted by molar-refractivity contribution is 8.14. The van der Waals surface area contributed by atoms with Gasteiger partial charge >= 0.3 is 0 Å². The number of hydrogen-bond acceptors (Lipinski definition) is 5. The normalized spacial score (nSPS) is 24.2. The molecule has 4 nitrogen and oxygen atoms in total. The van der Waals surface area contributed by atoms with Crippen molar-refractivity contribution in [2.45, 2.75) is 4.71 Å². The van der Waals surface area contributed by atoms with Gasteiger partial charge < -0.3 is 14.8 Å². The third kappa shape index (κ3) is 2.10. The van der Waals surface area contributed by atoms with Crippen LogP contribution in [0.2, 0.25) is 0 Å². The summed E-state index contributed by atoms with van der Waals surface area (Å²) in [5.41, 5.74) is 0.911. The van der Waals surface area contributed by atoms with E-state index in [2.05, 4.69) is 17.9 Å². The third-order valence-electron chi connectivity index (χ3n) is 2.41. The van der Waals surface area contributed by atoms with Crippen molar-refractivity contribution < 1.29 is 14.3 Å². The lowest BCUT2D eigenvalue weighted by Gasteiger charge is -1.98. The molecule has 88 valence electrons. The Hall–Kier alpha value is -1.27. The van der Waals surface area contributed by atoms with Crippen molar-refractivity contribution in [2.75, 3.05) is 6.79 Å². The van der Waals surface area contributed by atoms with Crippen molar-refractivity contribution in [3.05, 3.63) is 28.7 Å². The molecule has 1 fully saturated rings. The molecule has 0 aliphatic carbocycles. The Labute approximate surface area is 108 Å². The second-order valence-corrected chi connectivity index (χ2v) is 5.58. The van der Waals surface area contributed by atoms with Crippen LogP contribution in [0.25, 0.3) is 6.08 Å². The number of fused-ring (bicyclic) bond motifs is 1. The molecule has 0 bridgehead atoms. The summed E-state index contributed by atoms with van der Waals surface area (Å²) in [5.74, 6) is 1.36. The van der Waals surface area contributed by atoms with Crippen molar-refractivity contribution in [1.82, 2.24) is 5.32 Å². The van der Waals surface area contributed by atoms with E-state index >= 15 is 0 Å². The van der Waals surface area contributed by atoms with Gasteiger partial charge in [-0.15, -0.1) is 12.6 Å². The van der Waals surface area contributed by atoms with Crippen LogP contribution in [0.1, 0.15) is 5.56 Å². The van der Waals surface area contributed by atoms with Gasteiger partial charge in [0.15, 0.2) is 11.5 Å². The van der Waals surface area contributed by atoms with Crippen LogP contribution in [0.15, 0.2) is 23.1 Å². The molecule has 0 radical (unpaired) electrons. The first-order valence-corrected chi connectivity index (χ1v) is 6.39. The monoisotopic (exact) mass is 267 g/mol. The van der Waals surface area contributed by atoms with Gasteiger partial charge in [-0.3, -0.25) is 4.79 Å². The Morgan fingerprint density at radius 1 is 1.41 bits per heavy atom. The van der Waals surface area contributed by atoms with E-state index in [1.807, 2.05) is 24.3 Å². The molecule has 17 heavy (non-hydrogen) atoms. The number of benzene rings is 1. The van der Waals surface area contributed by atoms with E-state index in [0.717, 1.165) is 11.3 Å². The number of ether oxygens (including phenoxy) is 2. The van der Waals surface area contributed by atoms with Gasteiger partial charge in [-0.1, -0.05) is 17.8 Å². The lowest BCUT2D eigenvalue weighted by molar-refractivity contribution is -0.116. The van der Waals surface area contributed by atoms with Crippen molar-refractivity contribution in [3.63, 3.8) is 0 Å². The minimum absolute atomic E-state index is 0.0901. The maximum atomic E-state index is 11.5. The van der Waals surface area contributed by atoms with Gasteiger partial charge in [0, 0.05) is 0 Å². The van der Waals surface area contributed by atoms with E-state index in [1.165, 1.54) is 11.8 Å². The summed E-state index contributed by atoms with van der Waals surface area (Å²) in [6.45, 7) is 0.253. The smallest absolute Gasteiger partial charge is 0.259 e. The standard InChI is InChI=1S/C11H9NO3S2/c13-10-9(17-11(16)12-10)4-6-1-2-7-8(3-6)15-5-14-7/h1-4,11,16H,5H2,(H,12,13)/b9-4-. The van der Waals surface area contributed by atoms with Crippen LogP contribution in [-0.2, 0) is 4.79 Å². The van der Waals surface area contributed by atoms with Gasteiger partial charge in [0.1, 0.15) is 4.71 Å². The van der Waals surface area contributed by atoms with Crippen LogP contribution < -0.4 is 14.8 Å². The highest BCUT2D eigenvalue weighted by atomic mass is 32.2. The largest absolute Gasteiger partial charge is 0.454 e. The predicted molar refractivity (Wildman–Crippen MR) is 69.0 cm³/mol. The molecule has 6 heteroatoms. The molecule has 1 N–H and O–H groups in total. The first-order valence-electron chi connectivity index (χ1n) is 4.99. The summed E-state index contributed by atoms with van der Waals surface area (Å²) >= 11 is 5.58. The molecular formula is C11H9NO3S2. The second-order valence-electron chi connectivity index (χ2n) is 3.56. The Kier molecular flexibility index (Phi) is 2.68. The summed E-state index contributed by atoms with van der Waals surface area (Å²) in [4.78, 5) is 12.2. The molecule has 2 heterocycles. The van der Waals surface area contributed by atoms with Crippen molar-refractivity contribution >= 4 is 36.4 Å². The molecule has 0 spiro atoms. The van der Waals surface area contributed by atoms with E-state index in [0.29, 0.717) is 10.7 Å². The van der Waals surface area contributed by atoms with E-state index in [9.17, 15) is 4.79 Å². The molecule has 2 aliphatic heterocycles. The van der Waals surface area contributed by atoms with Crippen molar-refractivity contribution in [3.8, 4) is 11.5 Å². The molecule has 1 aromatic rings. The van der Waals surface area contributed by atoms with Crippen LogP contribution in [0.5, 0.6) is 11.5 Å². The summed E-state index contributed by atoms with van der Waals surface area (Å²) in [7, 11) is 0. The summed E-state index contributed by atoms with van der Waals surface area (Å²) in [6, 6.07) is 5.58. The quantitative estimate of drug-likeness (QED) is 0.602. The first kappa shape index (κ1) is 10.9. The number of amides is 1. The lowest BCUT2D eigenvalue weighted by Crippen LogP contribution is -2.19. The fourth-order valence-corrected chi connectivity index (χ4v) is 2.87. The van der Waals surface area contributed by atoms with E-state index in [1.54, 1.807) is 0 Å². The zero-order valence-corrected chi connectivity index (χ0v) is 10.4. The number of hydrogen-bond donors (Lipinski definition) is 2. The lowest BCUT2D eigenvalue weighted by atomic mass is 10.2. The number of carbonyl (C=O) groups excluding carboxylic acids is 1. The average molecular weight is 267 g/mol. The fourth-order valence-electron chi connectivity index (χ4n) is 1.64. The second kappa shape index (κ2) is 4.19. The summed E-state index contributed by atoms with van der Waals surface area (Å²) < 4.78 is 10.3. The van der Waals surface area contributed by atoms with E-state index < -0.39 is 0 Å². The number of nitrogens with one attached hydrogen (secondary N) is 1. The molecule has 1 saturated heterocycles. The molecule has 1 atom stereocenters. The SMILES string of the molecule is O=C1NC(S)S/C1=C\c1ccc2c(c1)OCO2. The zero-order chi connectivity index (χ0) is 11.8. The number of thioether (sulfide) groups is 1. The minimum Gasteiger partial charge on any atom is -0.454 e. The molecule has 3 rings (SSSR count).